The van der Waals surface area contributed by atoms with Gasteiger partial charge in [0, 0.05) is 18.3 Å². The van der Waals surface area contributed by atoms with Crippen LogP contribution in [0.15, 0.2) is 60.7 Å². The van der Waals surface area contributed by atoms with Crippen molar-refractivity contribution in [1.29, 1.82) is 0 Å². The third-order valence-electron chi connectivity index (χ3n) is 6.59. The summed E-state index contributed by atoms with van der Waals surface area (Å²) < 4.78 is 25.7. The maximum absolute atomic E-state index is 14.8. The Labute approximate surface area is 187 Å². The Bertz CT molecular complexity index is 1200. The number of hydrogen-bond donors (Lipinski definition) is 0. The number of benzene rings is 3. The highest BCUT2D eigenvalue weighted by molar-refractivity contribution is 6.03. The van der Waals surface area contributed by atoms with Crippen LogP contribution >= 0.6 is 0 Å². The molecule has 3 aromatic rings. The highest BCUT2D eigenvalue weighted by Gasteiger charge is 2.53. The average Bonchev–Trinajstić information content (AvgIpc) is 3.48. The molecule has 4 nitrogen and oxygen atoms in total. The van der Waals surface area contributed by atoms with Crippen LogP contribution in [0.5, 0.6) is 11.5 Å². The SMILES string of the molecule is CC(C)c1cccc(-c2cc(N(C)C(=O)C3(c4ccc5c(c4)OCO5)CC3)ccc2F)c1. The summed E-state index contributed by atoms with van der Waals surface area (Å²) in [4.78, 5) is 15.2. The predicted octanol–water partition coefficient (Wildman–Crippen LogP) is 6.04. The van der Waals surface area contributed by atoms with E-state index in [1.807, 2.05) is 42.5 Å². The van der Waals surface area contributed by atoms with Crippen molar-refractivity contribution in [3.8, 4) is 22.6 Å². The minimum Gasteiger partial charge on any atom is -0.454 e. The number of carbonyl (C=O) groups is 1. The van der Waals surface area contributed by atoms with Crippen LogP contribution in [0.1, 0.15) is 43.7 Å². The van der Waals surface area contributed by atoms with Crippen molar-refractivity contribution in [2.75, 3.05) is 18.7 Å². The lowest BCUT2D eigenvalue weighted by Gasteiger charge is -2.25. The highest BCUT2D eigenvalue weighted by Crippen LogP contribution is 2.52. The largest absolute Gasteiger partial charge is 0.454 e. The van der Waals surface area contributed by atoms with Gasteiger partial charge in [0.1, 0.15) is 5.82 Å². The summed E-state index contributed by atoms with van der Waals surface area (Å²) in [6.45, 7) is 4.43. The molecule has 0 bridgehead atoms. The number of hydrogen-bond acceptors (Lipinski definition) is 3. The Morgan fingerprint density at radius 2 is 1.78 bits per heavy atom. The first-order valence-corrected chi connectivity index (χ1v) is 11.0. The zero-order chi connectivity index (χ0) is 22.5. The zero-order valence-electron chi connectivity index (χ0n) is 18.5. The van der Waals surface area contributed by atoms with Gasteiger partial charge in [0.2, 0.25) is 12.7 Å². The number of likely N-dealkylation sites (N-methyl/N-ethyl adjacent to an activating group) is 1. The second kappa shape index (κ2) is 7.66. The minimum atomic E-state index is -0.568. The molecule has 5 heteroatoms. The molecule has 0 radical (unpaired) electrons. The molecule has 5 rings (SSSR count). The van der Waals surface area contributed by atoms with E-state index in [-0.39, 0.29) is 18.5 Å². The van der Waals surface area contributed by atoms with Crippen molar-refractivity contribution in [2.45, 2.75) is 38.0 Å². The van der Waals surface area contributed by atoms with Crippen LogP contribution < -0.4 is 14.4 Å². The number of anilines is 1. The van der Waals surface area contributed by atoms with Crippen LogP contribution in [0.25, 0.3) is 11.1 Å². The van der Waals surface area contributed by atoms with Crippen molar-refractivity contribution in [3.05, 3.63) is 77.6 Å². The molecular formula is C27H26FNO3. The van der Waals surface area contributed by atoms with Crippen LogP contribution in [0.2, 0.25) is 0 Å². The number of amides is 1. The zero-order valence-corrected chi connectivity index (χ0v) is 18.5. The van der Waals surface area contributed by atoms with Crippen LogP contribution in [0.3, 0.4) is 0 Å². The van der Waals surface area contributed by atoms with Gasteiger partial charge in [0.05, 0.1) is 5.41 Å². The monoisotopic (exact) mass is 431 g/mol. The van der Waals surface area contributed by atoms with Gasteiger partial charge in [-0.15, -0.1) is 0 Å². The predicted molar refractivity (Wildman–Crippen MR) is 123 cm³/mol. The third-order valence-corrected chi connectivity index (χ3v) is 6.59. The molecule has 1 amide bonds. The van der Waals surface area contributed by atoms with Crippen molar-refractivity contribution >= 4 is 11.6 Å². The second-order valence-electron chi connectivity index (χ2n) is 8.96. The first-order valence-electron chi connectivity index (χ1n) is 11.0. The maximum Gasteiger partial charge on any atom is 0.237 e. The van der Waals surface area contributed by atoms with E-state index >= 15 is 0 Å². The Morgan fingerprint density at radius 1 is 1.00 bits per heavy atom. The number of rotatable bonds is 5. The topological polar surface area (TPSA) is 38.8 Å². The molecule has 164 valence electrons. The molecule has 0 saturated heterocycles. The molecular weight excluding hydrogens is 405 g/mol. The maximum atomic E-state index is 14.8. The molecule has 1 fully saturated rings. The summed E-state index contributed by atoms with van der Waals surface area (Å²) in [5, 5.41) is 0. The fourth-order valence-corrected chi connectivity index (χ4v) is 4.39. The first-order chi connectivity index (χ1) is 15.4. The van der Waals surface area contributed by atoms with Crippen LogP contribution in [0.4, 0.5) is 10.1 Å². The van der Waals surface area contributed by atoms with Crippen LogP contribution in [0, 0.1) is 5.82 Å². The molecule has 3 aromatic carbocycles. The number of halogens is 1. The molecule has 1 heterocycles. The Kier molecular flexibility index (Phi) is 4.92. The van der Waals surface area contributed by atoms with E-state index in [2.05, 4.69) is 13.8 Å². The highest BCUT2D eigenvalue weighted by atomic mass is 19.1. The van der Waals surface area contributed by atoms with E-state index < -0.39 is 5.41 Å². The normalized spacial score (nSPS) is 15.7. The average molecular weight is 432 g/mol. The summed E-state index contributed by atoms with van der Waals surface area (Å²) in [6, 6.07) is 18.5. The van der Waals surface area contributed by atoms with E-state index in [1.165, 1.54) is 6.07 Å². The van der Waals surface area contributed by atoms with Gasteiger partial charge in [0.15, 0.2) is 11.5 Å². The Morgan fingerprint density at radius 3 is 2.53 bits per heavy atom. The molecule has 1 aliphatic carbocycles. The minimum absolute atomic E-state index is 0.00449. The molecule has 0 spiro atoms. The van der Waals surface area contributed by atoms with Crippen molar-refractivity contribution in [3.63, 3.8) is 0 Å². The van der Waals surface area contributed by atoms with Crippen molar-refractivity contribution in [1.82, 2.24) is 0 Å². The van der Waals surface area contributed by atoms with Crippen LogP contribution in [-0.4, -0.2) is 19.7 Å². The van der Waals surface area contributed by atoms with E-state index in [1.54, 1.807) is 24.1 Å². The molecule has 0 unspecified atom stereocenters. The van der Waals surface area contributed by atoms with Crippen molar-refractivity contribution in [2.24, 2.45) is 0 Å². The second-order valence-corrected chi connectivity index (χ2v) is 8.96. The van der Waals surface area contributed by atoms with Crippen LogP contribution in [-0.2, 0) is 10.2 Å². The van der Waals surface area contributed by atoms with Gasteiger partial charge in [-0.1, -0.05) is 44.2 Å². The lowest BCUT2D eigenvalue weighted by Crippen LogP contribution is -2.36. The molecule has 0 N–H and O–H groups in total. The summed E-state index contributed by atoms with van der Waals surface area (Å²) in [5.74, 6) is 1.44. The molecule has 2 aliphatic rings. The molecule has 1 aliphatic heterocycles. The molecule has 0 aromatic heterocycles. The fourth-order valence-electron chi connectivity index (χ4n) is 4.39. The Balaban J connectivity index is 1.46. The van der Waals surface area contributed by atoms with Gasteiger partial charge < -0.3 is 14.4 Å². The van der Waals surface area contributed by atoms with E-state index in [0.717, 1.165) is 29.5 Å². The smallest absolute Gasteiger partial charge is 0.237 e. The number of nitrogens with zero attached hydrogens (tertiary/aromatic N) is 1. The van der Waals surface area contributed by atoms with Crippen molar-refractivity contribution < 1.29 is 18.7 Å². The molecule has 32 heavy (non-hydrogen) atoms. The van der Waals surface area contributed by atoms with Gasteiger partial charge in [-0.3, -0.25) is 4.79 Å². The number of carbonyl (C=O) groups excluding carboxylic acids is 1. The third kappa shape index (κ3) is 3.42. The lowest BCUT2D eigenvalue weighted by atomic mass is 9.93. The summed E-state index contributed by atoms with van der Waals surface area (Å²) >= 11 is 0. The van der Waals surface area contributed by atoms with Gasteiger partial charge in [-0.2, -0.15) is 0 Å². The fraction of sp³-hybridized carbons (Fsp3) is 0.296. The lowest BCUT2D eigenvalue weighted by molar-refractivity contribution is -0.120. The van der Waals surface area contributed by atoms with E-state index in [0.29, 0.717) is 28.7 Å². The molecule has 0 atom stereocenters. The van der Waals surface area contributed by atoms with Gasteiger partial charge in [0.25, 0.3) is 0 Å². The van der Waals surface area contributed by atoms with Gasteiger partial charge >= 0.3 is 0 Å². The van der Waals surface area contributed by atoms with Gasteiger partial charge in [-0.05, 0) is 65.8 Å². The van der Waals surface area contributed by atoms with Gasteiger partial charge in [-0.25, -0.2) is 4.39 Å². The number of ether oxygens (including phenoxy) is 2. The summed E-state index contributed by atoms with van der Waals surface area (Å²) in [6.07, 6.45) is 1.56. The summed E-state index contributed by atoms with van der Waals surface area (Å²) in [7, 11) is 1.76. The Hall–Kier alpha value is -3.34. The van der Waals surface area contributed by atoms with E-state index in [9.17, 15) is 9.18 Å². The first kappa shape index (κ1) is 20.6. The number of fused-ring (bicyclic) bond motifs is 1. The molecule has 1 saturated carbocycles. The standard InChI is InChI=1S/C27H26FNO3/c1-17(2)18-5-4-6-19(13-18)22-15-21(8-9-23(22)28)29(3)26(30)27(11-12-27)20-7-10-24-25(14-20)32-16-31-24/h4-10,13-15,17H,11-12,16H2,1-3H3. The quantitative estimate of drug-likeness (QED) is 0.494. The summed E-state index contributed by atoms with van der Waals surface area (Å²) in [5.41, 5.74) is 3.50. The van der Waals surface area contributed by atoms with E-state index in [4.69, 9.17) is 9.47 Å².